The molecule has 47 heavy (non-hydrogen) atoms. The summed E-state index contributed by atoms with van der Waals surface area (Å²) in [5.41, 5.74) is 3.71. The highest BCUT2D eigenvalue weighted by Crippen LogP contribution is 2.17. The van der Waals surface area contributed by atoms with E-state index in [4.69, 9.17) is 9.47 Å². The SMILES string of the molecule is O=C(NC(Cc1ccc(OCc2ccccc2)cc1)C(=O)O)c1ccc(OCCN(Cc2ccccc2)C(=O)c2ccccc2)cc1. The van der Waals surface area contributed by atoms with Crippen molar-refractivity contribution in [2.75, 3.05) is 13.2 Å². The van der Waals surface area contributed by atoms with E-state index in [1.165, 1.54) is 0 Å². The topological polar surface area (TPSA) is 105 Å². The summed E-state index contributed by atoms with van der Waals surface area (Å²) in [6.07, 6.45) is 0.114. The lowest BCUT2D eigenvalue weighted by molar-refractivity contribution is -0.139. The van der Waals surface area contributed by atoms with Crippen molar-refractivity contribution in [1.29, 1.82) is 0 Å². The molecule has 0 aliphatic rings. The Balaban J connectivity index is 1.13. The Morgan fingerprint density at radius 2 is 1.17 bits per heavy atom. The van der Waals surface area contributed by atoms with Crippen LogP contribution in [0, 0.1) is 0 Å². The summed E-state index contributed by atoms with van der Waals surface area (Å²) in [6, 6.07) is 41.2. The summed E-state index contributed by atoms with van der Waals surface area (Å²) in [5.74, 6) is -0.535. The number of benzene rings is 5. The molecular weight excluding hydrogens is 592 g/mol. The number of carboxylic acids is 1. The molecule has 0 saturated carbocycles. The molecule has 0 heterocycles. The van der Waals surface area contributed by atoms with Gasteiger partial charge >= 0.3 is 5.97 Å². The van der Waals surface area contributed by atoms with E-state index in [2.05, 4.69) is 5.32 Å². The third-order valence-corrected chi connectivity index (χ3v) is 7.49. The van der Waals surface area contributed by atoms with Gasteiger partial charge in [0.15, 0.2) is 0 Å². The van der Waals surface area contributed by atoms with Gasteiger partial charge in [-0.05, 0) is 65.2 Å². The van der Waals surface area contributed by atoms with Crippen LogP contribution in [-0.4, -0.2) is 47.0 Å². The Morgan fingerprint density at radius 3 is 1.79 bits per heavy atom. The number of nitrogens with zero attached hydrogens (tertiary/aromatic N) is 1. The van der Waals surface area contributed by atoms with E-state index in [0.717, 1.165) is 16.7 Å². The molecule has 1 atom stereocenters. The average Bonchev–Trinajstić information content (AvgIpc) is 3.11. The van der Waals surface area contributed by atoms with Crippen molar-refractivity contribution in [3.8, 4) is 11.5 Å². The number of hydrogen-bond donors (Lipinski definition) is 2. The molecule has 5 rings (SSSR count). The Morgan fingerprint density at radius 1 is 0.617 bits per heavy atom. The summed E-state index contributed by atoms with van der Waals surface area (Å²) in [4.78, 5) is 39.9. The number of hydrogen-bond acceptors (Lipinski definition) is 5. The number of aliphatic carboxylic acids is 1. The molecule has 8 nitrogen and oxygen atoms in total. The van der Waals surface area contributed by atoms with Crippen LogP contribution in [-0.2, 0) is 24.4 Å². The molecule has 238 valence electrons. The quantitative estimate of drug-likeness (QED) is 0.139. The van der Waals surface area contributed by atoms with Crippen molar-refractivity contribution in [3.05, 3.63) is 167 Å². The van der Waals surface area contributed by atoms with Crippen molar-refractivity contribution < 1.29 is 29.0 Å². The Bertz CT molecular complexity index is 1730. The normalized spacial score (nSPS) is 11.2. The van der Waals surface area contributed by atoms with Crippen LogP contribution in [0.25, 0.3) is 0 Å². The zero-order valence-electron chi connectivity index (χ0n) is 25.8. The molecule has 0 aliphatic heterocycles. The smallest absolute Gasteiger partial charge is 0.326 e. The lowest BCUT2D eigenvalue weighted by Crippen LogP contribution is -2.42. The Hall–Kier alpha value is -5.89. The minimum absolute atomic E-state index is 0.0922. The van der Waals surface area contributed by atoms with Crippen LogP contribution in [0.1, 0.15) is 37.4 Å². The number of rotatable bonds is 15. The highest BCUT2D eigenvalue weighted by atomic mass is 16.5. The van der Waals surface area contributed by atoms with Crippen LogP contribution in [0.2, 0.25) is 0 Å². The van der Waals surface area contributed by atoms with Gasteiger partial charge < -0.3 is 24.8 Å². The van der Waals surface area contributed by atoms with E-state index in [1.807, 2.05) is 78.9 Å². The largest absolute Gasteiger partial charge is 0.492 e. The monoisotopic (exact) mass is 628 g/mol. The van der Waals surface area contributed by atoms with Crippen molar-refractivity contribution in [1.82, 2.24) is 10.2 Å². The molecule has 5 aromatic rings. The van der Waals surface area contributed by atoms with Gasteiger partial charge in [0, 0.05) is 24.1 Å². The molecule has 5 aromatic carbocycles. The van der Waals surface area contributed by atoms with E-state index in [-0.39, 0.29) is 18.9 Å². The minimum atomic E-state index is -1.13. The first kappa shape index (κ1) is 32.5. The highest BCUT2D eigenvalue weighted by Gasteiger charge is 2.21. The molecule has 0 aromatic heterocycles. The van der Waals surface area contributed by atoms with Gasteiger partial charge in [-0.15, -0.1) is 0 Å². The van der Waals surface area contributed by atoms with E-state index >= 15 is 0 Å². The van der Waals surface area contributed by atoms with Gasteiger partial charge in [0.1, 0.15) is 30.8 Å². The third kappa shape index (κ3) is 9.80. The number of ether oxygens (including phenoxy) is 2. The molecule has 0 aliphatic carbocycles. The lowest BCUT2D eigenvalue weighted by Gasteiger charge is -2.23. The fourth-order valence-corrected chi connectivity index (χ4v) is 4.94. The number of carbonyl (C=O) groups excluding carboxylic acids is 2. The number of nitrogens with one attached hydrogen (secondary N) is 1. The van der Waals surface area contributed by atoms with E-state index in [9.17, 15) is 19.5 Å². The maximum atomic E-state index is 13.2. The zero-order valence-corrected chi connectivity index (χ0v) is 25.8. The van der Waals surface area contributed by atoms with E-state index in [0.29, 0.717) is 42.3 Å². The predicted octanol–water partition coefficient (Wildman–Crippen LogP) is 6.41. The zero-order chi connectivity index (χ0) is 32.8. The lowest BCUT2D eigenvalue weighted by atomic mass is 10.1. The molecule has 0 spiro atoms. The van der Waals surface area contributed by atoms with Gasteiger partial charge in [-0.3, -0.25) is 9.59 Å². The summed E-state index contributed by atoms with van der Waals surface area (Å²) in [7, 11) is 0. The number of amides is 2. The van der Waals surface area contributed by atoms with Crippen LogP contribution in [0.5, 0.6) is 11.5 Å². The Labute approximate surface area is 274 Å². The molecule has 0 radical (unpaired) electrons. The minimum Gasteiger partial charge on any atom is -0.492 e. The number of carboxylic acid groups (broad SMARTS) is 1. The predicted molar refractivity (Wildman–Crippen MR) is 179 cm³/mol. The molecule has 8 heteroatoms. The number of carbonyl (C=O) groups is 3. The second kappa shape index (κ2) is 16.4. The molecule has 2 amide bonds. The molecule has 0 bridgehead atoms. The van der Waals surface area contributed by atoms with Crippen LogP contribution < -0.4 is 14.8 Å². The first-order valence-electron chi connectivity index (χ1n) is 15.3. The summed E-state index contributed by atoms with van der Waals surface area (Å²) in [5, 5.41) is 12.4. The van der Waals surface area contributed by atoms with Gasteiger partial charge in [0.25, 0.3) is 11.8 Å². The van der Waals surface area contributed by atoms with E-state index in [1.54, 1.807) is 65.6 Å². The van der Waals surface area contributed by atoms with Crippen LogP contribution in [0.3, 0.4) is 0 Å². The van der Waals surface area contributed by atoms with Crippen molar-refractivity contribution in [2.24, 2.45) is 0 Å². The van der Waals surface area contributed by atoms with Gasteiger partial charge in [0.2, 0.25) is 0 Å². The molecule has 0 fully saturated rings. The first-order chi connectivity index (χ1) is 22.9. The van der Waals surface area contributed by atoms with Crippen LogP contribution in [0.4, 0.5) is 0 Å². The molecule has 2 N–H and O–H groups in total. The van der Waals surface area contributed by atoms with E-state index < -0.39 is 17.9 Å². The van der Waals surface area contributed by atoms with Crippen LogP contribution >= 0.6 is 0 Å². The van der Waals surface area contributed by atoms with Gasteiger partial charge in [0.05, 0.1) is 6.54 Å². The summed E-state index contributed by atoms with van der Waals surface area (Å²) >= 11 is 0. The van der Waals surface area contributed by atoms with Crippen LogP contribution in [0.15, 0.2) is 140 Å². The second-order valence-electron chi connectivity index (χ2n) is 10.9. The molecule has 1 unspecified atom stereocenters. The third-order valence-electron chi connectivity index (χ3n) is 7.49. The Kier molecular flexibility index (Phi) is 11.4. The molecule has 0 saturated heterocycles. The van der Waals surface area contributed by atoms with Gasteiger partial charge in [-0.25, -0.2) is 4.79 Å². The molecular formula is C39H36N2O6. The van der Waals surface area contributed by atoms with Crippen molar-refractivity contribution in [2.45, 2.75) is 25.6 Å². The summed E-state index contributed by atoms with van der Waals surface area (Å²) in [6.45, 7) is 1.46. The van der Waals surface area contributed by atoms with Crippen molar-refractivity contribution >= 4 is 17.8 Å². The fourth-order valence-electron chi connectivity index (χ4n) is 4.94. The van der Waals surface area contributed by atoms with Gasteiger partial charge in [-0.2, -0.15) is 0 Å². The second-order valence-corrected chi connectivity index (χ2v) is 10.9. The first-order valence-corrected chi connectivity index (χ1v) is 15.3. The standard InChI is InChI=1S/C39H36N2O6/c42-37(40-36(39(44)45)26-29-16-20-35(21-17-29)47-28-31-12-6-2-7-13-31)32-18-22-34(23-19-32)46-25-24-41(27-30-10-4-1-5-11-30)38(43)33-14-8-3-9-15-33/h1-23,36H,24-28H2,(H,40,42)(H,44,45). The highest BCUT2D eigenvalue weighted by molar-refractivity contribution is 5.96. The van der Waals surface area contributed by atoms with Crippen molar-refractivity contribution in [3.63, 3.8) is 0 Å². The van der Waals surface area contributed by atoms with Gasteiger partial charge in [-0.1, -0.05) is 91.0 Å². The average molecular weight is 629 g/mol. The fraction of sp³-hybridized carbons (Fsp3) is 0.154. The maximum absolute atomic E-state index is 13.2. The maximum Gasteiger partial charge on any atom is 0.326 e. The summed E-state index contributed by atoms with van der Waals surface area (Å²) < 4.78 is 11.7.